The maximum atomic E-state index is 14.0. The lowest BCUT2D eigenvalue weighted by Gasteiger charge is -2.14. The van der Waals surface area contributed by atoms with Gasteiger partial charge in [0.25, 0.3) is 0 Å². The second kappa shape index (κ2) is 6.82. The number of sulfonamides is 1. The number of hydrogen-bond donors (Lipinski definition) is 2. The summed E-state index contributed by atoms with van der Waals surface area (Å²) >= 11 is 5.62. The minimum Gasteiger partial charge on any atom is -0.478 e. The van der Waals surface area contributed by atoms with E-state index in [1.165, 1.54) is 13.2 Å². The molecular weight excluding hydrogens is 345 g/mol. The highest BCUT2D eigenvalue weighted by molar-refractivity contribution is 7.89. The Bertz CT molecular complexity index is 692. The Balaban J connectivity index is 3.26. The average molecular weight is 358 g/mol. The van der Waals surface area contributed by atoms with Gasteiger partial charge in [0.05, 0.1) is 5.56 Å². The Labute approximate surface area is 128 Å². The first-order chi connectivity index (χ1) is 9.54. The smallest absolute Gasteiger partial charge is 0.338 e. The zero-order chi connectivity index (χ0) is 16.4. The van der Waals surface area contributed by atoms with E-state index in [4.69, 9.17) is 16.7 Å². The molecule has 2 unspecified atom stereocenters. The molecule has 0 aromatic heterocycles. The molecule has 0 radical (unpaired) electrons. The van der Waals surface area contributed by atoms with Gasteiger partial charge in [0.2, 0.25) is 10.0 Å². The van der Waals surface area contributed by atoms with Gasteiger partial charge in [0.1, 0.15) is 4.90 Å². The summed E-state index contributed by atoms with van der Waals surface area (Å²) in [6, 6.07) is 0.928. The van der Waals surface area contributed by atoms with Crippen LogP contribution in [0.3, 0.4) is 0 Å². The molecule has 1 aromatic carbocycles. The van der Waals surface area contributed by atoms with Crippen molar-refractivity contribution in [1.29, 1.82) is 0 Å². The normalized spacial score (nSPS) is 14.7. The van der Waals surface area contributed by atoms with Crippen molar-refractivity contribution < 1.29 is 26.9 Å². The summed E-state index contributed by atoms with van der Waals surface area (Å²) in [5.41, 5.74) is -0.838. The predicted molar refractivity (Wildman–Crippen MR) is 77.1 cm³/mol. The summed E-state index contributed by atoms with van der Waals surface area (Å²) in [7, 11) is -5.57. The molecule has 0 heterocycles. The van der Waals surface area contributed by atoms with Gasteiger partial charge in [-0.2, -0.15) is 0 Å². The Morgan fingerprint density at radius 2 is 2.10 bits per heavy atom. The summed E-state index contributed by atoms with van der Waals surface area (Å²) in [6.45, 7) is 1.46. The molecule has 0 aliphatic carbocycles. The van der Waals surface area contributed by atoms with Gasteiger partial charge in [-0.25, -0.2) is 22.3 Å². The summed E-state index contributed by atoms with van der Waals surface area (Å²) in [5, 5.41) is 8.61. The molecule has 0 saturated heterocycles. The van der Waals surface area contributed by atoms with Gasteiger partial charge in [0, 0.05) is 33.9 Å². The topological polar surface area (TPSA) is 101 Å². The third-order valence-corrected chi connectivity index (χ3v) is 5.14. The van der Waals surface area contributed by atoms with Crippen molar-refractivity contribution in [3.8, 4) is 0 Å². The number of aromatic carboxylic acids is 1. The van der Waals surface area contributed by atoms with Crippen molar-refractivity contribution in [1.82, 2.24) is 4.72 Å². The summed E-state index contributed by atoms with van der Waals surface area (Å²) < 4.78 is 51.3. The van der Waals surface area contributed by atoms with E-state index in [1.54, 1.807) is 0 Å². The van der Waals surface area contributed by atoms with Crippen LogP contribution in [-0.4, -0.2) is 41.8 Å². The second-order valence-corrected chi connectivity index (χ2v) is 7.93. The number of rotatable bonds is 6. The molecule has 0 bridgehead atoms. The summed E-state index contributed by atoms with van der Waals surface area (Å²) in [6.07, 6.45) is 1.40. The Morgan fingerprint density at radius 3 is 2.57 bits per heavy atom. The van der Waals surface area contributed by atoms with E-state index in [2.05, 4.69) is 4.72 Å². The molecule has 0 spiro atoms. The third-order valence-electron chi connectivity index (χ3n) is 2.36. The van der Waals surface area contributed by atoms with E-state index < -0.39 is 49.1 Å². The number of benzene rings is 1. The molecule has 2 N–H and O–H groups in total. The van der Waals surface area contributed by atoms with Crippen LogP contribution in [0.1, 0.15) is 17.3 Å². The SMILES string of the molecule is CC(CS(C)=O)NS(=O)(=O)c1cc(Cl)cc(C(=O)O)c1F. The van der Waals surface area contributed by atoms with E-state index >= 15 is 0 Å². The predicted octanol–water partition coefficient (Wildman–Crippen LogP) is 1.22. The molecule has 118 valence electrons. The van der Waals surface area contributed by atoms with E-state index in [1.807, 2.05) is 0 Å². The second-order valence-electron chi connectivity index (χ2n) is 4.33. The first kappa shape index (κ1) is 18.0. The first-order valence-electron chi connectivity index (χ1n) is 5.59. The van der Waals surface area contributed by atoms with Gasteiger partial charge in [-0.15, -0.1) is 0 Å². The lowest BCUT2D eigenvalue weighted by Crippen LogP contribution is -2.36. The largest absolute Gasteiger partial charge is 0.478 e. The molecule has 2 atom stereocenters. The zero-order valence-corrected chi connectivity index (χ0v) is 13.5. The lowest BCUT2D eigenvalue weighted by molar-refractivity contribution is 0.0691. The van der Waals surface area contributed by atoms with Crippen molar-refractivity contribution in [2.75, 3.05) is 12.0 Å². The first-order valence-corrected chi connectivity index (χ1v) is 9.18. The average Bonchev–Trinajstić information content (AvgIpc) is 2.29. The van der Waals surface area contributed by atoms with Crippen LogP contribution in [0, 0.1) is 5.82 Å². The zero-order valence-electron chi connectivity index (χ0n) is 11.1. The van der Waals surface area contributed by atoms with E-state index in [9.17, 15) is 21.8 Å². The van der Waals surface area contributed by atoms with Crippen LogP contribution in [0.2, 0.25) is 5.02 Å². The highest BCUT2D eigenvalue weighted by atomic mass is 35.5. The fourth-order valence-corrected chi connectivity index (χ4v) is 4.17. The summed E-state index contributed by atoms with van der Waals surface area (Å²) in [4.78, 5) is 10.0. The number of carboxylic acids is 1. The third kappa shape index (κ3) is 4.73. The van der Waals surface area contributed by atoms with Gasteiger partial charge in [-0.05, 0) is 19.1 Å². The monoisotopic (exact) mass is 357 g/mol. The molecule has 0 amide bonds. The summed E-state index contributed by atoms with van der Waals surface area (Å²) in [5.74, 6) is -2.99. The highest BCUT2D eigenvalue weighted by Crippen LogP contribution is 2.24. The van der Waals surface area contributed by atoms with Crippen molar-refractivity contribution in [3.05, 3.63) is 28.5 Å². The van der Waals surface area contributed by atoms with Gasteiger partial charge in [0.15, 0.2) is 5.82 Å². The van der Waals surface area contributed by atoms with Crippen LogP contribution < -0.4 is 4.72 Å². The maximum Gasteiger partial charge on any atom is 0.338 e. The number of nitrogens with one attached hydrogen (secondary N) is 1. The fraction of sp³-hybridized carbons (Fsp3) is 0.364. The number of hydrogen-bond acceptors (Lipinski definition) is 4. The van der Waals surface area contributed by atoms with Crippen LogP contribution in [0.4, 0.5) is 4.39 Å². The maximum absolute atomic E-state index is 14.0. The quantitative estimate of drug-likeness (QED) is 0.797. The Hall–Kier alpha value is -1.03. The molecular formula is C11H13ClFNO5S2. The number of halogens is 2. The number of carboxylic acid groups (broad SMARTS) is 1. The minimum absolute atomic E-state index is 0.0349. The van der Waals surface area contributed by atoms with Gasteiger partial charge in [-0.1, -0.05) is 11.6 Å². The van der Waals surface area contributed by atoms with E-state index in [-0.39, 0.29) is 10.8 Å². The van der Waals surface area contributed by atoms with Crippen molar-refractivity contribution >= 4 is 38.4 Å². The van der Waals surface area contributed by atoms with Crippen LogP contribution in [0.5, 0.6) is 0 Å². The lowest BCUT2D eigenvalue weighted by atomic mass is 10.2. The molecule has 0 aliphatic rings. The van der Waals surface area contributed by atoms with Crippen LogP contribution in [0.15, 0.2) is 17.0 Å². The van der Waals surface area contributed by atoms with Crippen molar-refractivity contribution in [2.45, 2.75) is 17.9 Å². The Kier molecular flexibility index (Phi) is 5.85. The number of carbonyl (C=O) groups is 1. The van der Waals surface area contributed by atoms with E-state index in [0.29, 0.717) is 0 Å². The molecule has 21 heavy (non-hydrogen) atoms. The molecule has 6 nitrogen and oxygen atoms in total. The Morgan fingerprint density at radius 1 is 1.52 bits per heavy atom. The molecule has 0 fully saturated rings. The van der Waals surface area contributed by atoms with Gasteiger partial charge in [-0.3, -0.25) is 4.21 Å². The molecule has 0 saturated carbocycles. The molecule has 0 aliphatic heterocycles. The van der Waals surface area contributed by atoms with Crippen molar-refractivity contribution in [3.63, 3.8) is 0 Å². The van der Waals surface area contributed by atoms with Crippen LogP contribution >= 0.6 is 11.6 Å². The molecule has 1 aromatic rings. The van der Waals surface area contributed by atoms with Crippen LogP contribution in [-0.2, 0) is 20.8 Å². The van der Waals surface area contributed by atoms with Crippen LogP contribution in [0.25, 0.3) is 0 Å². The fourth-order valence-electron chi connectivity index (χ4n) is 1.63. The molecule has 1 rings (SSSR count). The van der Waals surface area contributed by atoms with E-state index in [0.717, 1.165) is 12.1 Å². The standard InChI is InChI=1S/C11H13ClFNO5S2/c1-6(5-20(2)17)14-21(18,19)9-4-7(12)3-8(10(9)13)11(15)16/h3-4,6,14H,5H2,1-2H3,(H,15,16). The highest BCUT2D eigenvalue weighted by Gasteiger charge is 2.26. The van der Waals surface area contributed by atoms with Crippen molar-refractivity contribution in [2.24, 2.45) is 0 Å². The van der Waals surface area contributed by atoms with Gasteiger partial charge < -0.3 is 5.11 Å². The molecule has 10 heteroatoms. The van der Waals surface area contributed by atoms with Gasteiger partial charge >= 0.3 is 5.97 Å². The minimum atomic E-state index is -4.32.